The first-order valence-corrected chi connectivity index (χ1v) is 3.47. The number of esters is 1. The van der Waals surface area contributed by atoms with Gasteiger partial charge in [-0.2, -0.15) is 0 Å². The minimum Gasteiger partial charge on any atom is -0.456 e. The zero-order valence-electron chi connectivity index (χ0n) is 7.18. The van der Waals surface area contributed by atoms with Crippen LogP contribution in [0.4, 0.5) is 0 Å². The molecule has 0 rings (SSSR count). The highest BCUT2D eigenvalue weighted by Crippen LogP contribution is 1.74. The summed E-state index contributed by atoms with van der Waals surface area (Å²) in [6, 6.07) is 0. The monoisotopic (exact) mass is 155 g/mol. The predicted molar refractivity (Wildman–Crippen MR) is 43.0 cm³/mol. The van der Waals surface area contributed by atoms with Crippen LogP contribution in [-0.4, -0.2) is 38.1 Å². The van der Waals surface area contributed by atoms with Crippen LogP contribution < -0.4 is 0 Å². The van der Waals surface area contributed by atoms with E-state index in [0.29, 0.717) is 13.2 Å². The number of carbonyl (C=O) groups excluding carboxylic acids is 1. The van der Waals surface area contributed by atoms with E-state index in [1.165, 1.54) is 0 Å². The first kappa shape index (κ1) is 9.99. The number of rotatable bonds is 2. The number of hydrogen-bond acceptors (Lipinski definition) is 3. The lowest BCUT2D eigenvalue weighted by Gasteiger charge is -2.00. The molecule has 0 spiro atoms. The molecule has 0 aromatic rings. The fourth-order valence-corrected chi connectivity index (χ4v) is 0.437. The van der Waals surface area contributed by atoms with Crippen molar-refractivity contribution in [2.24, 2.45) is 0 Å². The Labute approximate surface area is 67.3 Å². The van der Waals surface area contributed by atoms with Crippen molar-refractivity contribution in [3.63, 3.8) is 0 Å². The second-order valence-corrected chi connectivity index (χ2v) is 2.26. The van der Waals surface area contributed by atoms with Gasteiger partial charge in [0.1, 0.15) is 0 Å². The Balaban J connectivity index is 3.60. The van der Waals surface area contributed by atoms with Gasteiger partial charge in [0.2, 0.25) is 0 Å². The molecule has 0 aliphatic heterocycles. The van der Waals surface area contributed by atoms with Crippen molar-refractivity contribution in [3.05, 3.63) is 0 Å². The SMILES string of the molecule is CCOC(=O)C#CCN(C)C. The van der Waals surface area contributed by atoms with Gasteiger partial charge in [-0.3, -0.25) is 4.90 Å². The van der Waals surface area contributed by atoms with Crippen molar-refractivity contribution < 1.29 is 9.53 Å². The summed E-state index contributed by atoms with van der Waals surface area (Å²) in [6.45, 7) is 2.72. The number of nitrogens with zero attached hydrogens (tertiary/aromatic N) is 1. The van der Waals surface area contributed by atoms with Gasteiger partial charge in [-0.1, -0.05) is 5.92 Å². The molecule has 3 nitrogen and oxygen atoms in total. The summed E-state index contributed by atoms with van der Waals surface area (Å²) < 4.78 is 4.59. The van der Waals surface area contributed by atoms with Gasteiger partial charge in [0.15, 0.2) is 0 Å². The largest absolute Gasteiger partial charge is 0.456 e. The summed E-state index contributed by atoms with van der Waals surface area (Å²) in [7, 11) is 3.78. The predicted octanol–water partition coefficient (Wildman–Crippen LogP) is 0.115. The molecular weight excluding hydrogens is 142 g/mol. The maximum Gasteiger partial charge on any atom is 0.384 e. The number of ether oxygens (including phenoxy) is 1. The fourth-order valence-electron chi connectivity index (χ4n) is 0.437. The van der Waals surface area contributed by atoms with Crippen LogP contribution in [0.2, 0.25) is 0 Å². The highest BCUT2D eigenvalue weighted by molar-refractivity contribution is 5.88. The van der Waals surface area contributed by atoms with Crippen molar-refractivity contribution in [1.82, 2.24) is 4.90 Å². The van der Waals surface area contributed by atoms with Crippen LogP contribution in [0.5, 0.6) is 0 Å². The number of hydrogen-bond donors (Lipinski definition) is 0. The van der Waals surface area contributed by atoms with E-state index in [9.17, 15) is 4.79 Å². The van der Waals surface area contributed by atoms with Crippen LogP contribution >= 0.6 is 0 Å². The molecular formula is C8H13NO2. The minimum atomic E-state index is -0.450. The normalized spacial score (nSPS) is 8.73. The van der Waals surface area contributed by atoms with Crippen LogP contribution in [0, 0.1) is 11.8 Å². The average Bonchev–Trinajstić information content (AvgIpc) is 1.87. The Morgan fingerprint density at radius 1 is 1.55 bits per heavy atom. The molecule has 11 heavy (non-hydrogen) atoms. The third-order valence-corrected chi connectivity index (χ3v) is 0.861. The molecule has 0 aliphatic carbocycles. The highest BCUT2D eigenvalue weighted by Gasteiger charge is 1.91. The Hall–Kier alpha value is -1.01. The lowest BCUT2D eigenvalue weighted by molar-refractivity contribution is -0.136. The molecule has 0 atom stereocenters. The molecule has 0 amide bonds. The van der Waals surface area contributed by atoms with Crippen LogP contribution in [0.25, 0.3) is 0 Å². The second kappa shape index (κ2) is 5.75. The highest BCUT2D eigenvalue weighted by atomic mass is 16.5. The maximum absolute atomic E-state index is 10.6. The van der Waals surface area contributed by atoms with Crippen LogP contribution in [0.15, 0.2) is 0 Å². The summed E-state index contributed by atoms with van der Waals surface area (Å²) in [5.74, 6) is 4.58. The summed E-state index contributed by atoms with van der Waals surface area (Å²) in [5.41, 5.74) is 0. The van der Waals surface area contributed by atoms with Crippen LogP contribution in [0.3, 0.4) is 0 Å². The first-order chi connectivity index (χ1) is 5.16. The van der Waals surface area contributed by atoms with Crippen LogP contribution in [-0.2, 0) is 9.53 Å². The molecule has 0 radical (unpaired) electrons. The van der Waals surface area contributed by atoms with Gasteiger partial charge in [-0.05, 0) is 21.0 Å². The molecule has 0 N–H and O–H groups in total. The molecule has 0 saturated carbocycles. The molecule has 0 fully saturated rings. The standard InChI is InChI=1S/C8H13NO2/c1-4-11-8(10)6-5-7-9(2)3/h4,7H2,1-3H3. The fraction of sp³-hybridized carbons (Fsp3) is 0.625. The lowest BCUT2D eigenvalue weighted by Crippen LogP contribution is -2.11. The summed E-state index contributed by atoms with van der Waals surface area (Å²) in [5, 5.41) is 0. The van der Waals surface area contributed by atoms with E-state index in [-0.39, 0.29) is 0 Å². The molecule has 0 aromatic heterocycles. The van der Waals surface area contributed by atoms with Gasteiger partial charge >= 0.3 is 5.97 Å². The van der Waals surface area contributed by atoms with E-state index < -0.39 is 5.97 Å². The van der Waals surface area contributed by atoms with Crippen molar-refractivity contribution in [2.45, 2.75) is 6.92 Å². The quantitative estimate of drug-likeness (QED) is 0.322. The zero-order valence-corrected chi connectivity index (χ0v) is 7.18. The molecule has 0 aromatic carbocycles. The van der Waals surface area contributed by atoms with Gasteiger partial charge in [-0.25, -0.2) is 4.79 Å². The average molecular weight is 155 g/mol. The third-order valence-electron chi connectivity index (χ3n) is 0.861. The summed E-state index contributed by atoms with van der Waals surface area (Å²) in [4.78, 5) is 12.5. The molecule has 0 heterocycles. The molecule has 0 unspecified atom stereocenters. The van der Waals surface area contributed by atoms with Gasteiger partial charge in [0.25, 0.3) is 0 Å². The number of carbonyl (C=O) groups is 1. The van der Waals surface area contributed by atoms with Crippen molar-refractivity contribution >= 4 is 5.97 Å². The minimum absolute atomic E-state index is 0.384. The maximum atomic E-state index is 10.6. The van der Waals surface area contributed by atoms with Crippen molar-refractivity contribution in [2.75, 3.05) is 27.2 Å². The summed E-state index contributed by atoms with van der Waals surface area (Å²) >= 11 is 0. The van der Waals surface area contributed by atoms with Gasteiger partial charge in [-0.15, -0.1) is 0 Å². The van der Waals surface area contributed by atoms with Gasteiger partial charge < -0.3 is 4.74 Å². The van der Waals surface area contributed by atoms with E-state index in [4.69, 9.17) is 0 Å². The molecule has 62 valence electrons. The summed E-state index contributed by atoms with van der Waals surface area (Å²) in [6.07, 6.45) is 0. The molecule has 0 bridgehead atoms. The zero-order chi connectivity index (χ0) is 8.69. The lowest BCUT2D eigenvalue weighted by atomic mass is 10.5. The Kier molecular flexibility index (Phi) is 5.22. The van der Waals surface area contributed by atoms with Crippen LogP contribution in [0.1, 0.15) is 6.92 Å². The molecule has 3 heteroatoms. The third kappa shape index (κ3) is 6.88. The smallest absolute Gasteiger partial charge is 0.384 e. The second-order valence-electron chi connectivity index (χ2n) is 2.26. The van der Waals surface area contributed by atoms with Crippen molar-refractivity contribution in [1.29, 1.82) is 0 Å². The van der Waals surface area contributed by atoms with E-state index >= 15 is 0 Å². The van der Waals surface area contributed by atoms with E-state index in [2.05, 4.69) is 16.6 Å². The Morgan fingerprint density at radius 2 is 2.18 bits per heavy atom. The van der Waals surface area contributed by atoms with Gasteiger partial charge in [0.05, 0.1) is 13.2 Å². The first-order valence-electron chi connectivity index (χ1n) is 3.47. The Bertz CT molecular complexity index is 176. The van der Waals surface area contributed by atoms with E-state index in [1.54, 1.807) is 6.92 Å². The van der Waals surface area contributed by atoms with Gasteiger partial charge in [0, 0.05) is 5.92 Å². The van der Waals surface area contributed by atoms with E-state index in [0.717, 1.165) is 0 Å². The topological polar surface area (TPSA) is 29.5 Å². The molecule has 0 saturated heterocycles. The Morgan fingerprint density at radius 3 is 2.64 bits per heavy atom. The molecule has 0 aliphatic rings. The van der Waals surface area contributed by atoms with E-state index in [1.807, 2.05) is 19.0 Å². The van der Waals surface area contributed by atoms with Crippen molar-refractivity contribution in [3.8, 4) is 11.8 Å².